The van der Waals surface area contributed by atoms with Crippen molar-refractivity contribution < 1.29 is 14.7 Å². The van der Waals surface area contributed by atoms with Gasteiger partial charge in [-0.2, -0.15) is 0 Å². The summed E-state index contributed by atoms with van der Waals surface area (Å²) in [6, 6.07) is -1.43. The largest absolute Gasteiger partial charge is 0.480 e. The summed E-state index contributed by atoms with van der Waals surface area (Å²) in [6.45, 7) is 0. The molecular weight excluding hydrogens is 212 g/mol. The van der Waals surface area contributed by atoms with Gasteiger partial charge in [-0.25, -0.2) is 4.79 Å². The number of hydrogen-bond acceptors (Lipinski definition) is 5. The molecule has 13 heavy (non-hydrogen) atoms. The normalized spacial score (nSPS) is 30.1. The van der Waals surface area contributed by atoms with Gasteiger partial charge < -0.3 is 16.2 Å². The van der Waals surface area contributed by atoms with Gasteiger partial charge in [0.15, 0.2) is 0 Å². The fourth-order valence-corrected chi connectivity index (χ4v) is 3.04. The Morgan fingerprint density at radius 2 is 2.15 bits per heavy atom. The number of nitrogens with one attached hydrogen (secondary N) is 1. The molecule has 1 aliphatic heterocycles. The minimum Gasteiger partial charge on any atom is -0.480 e. The molecule has 2 atom stereocenters. The summed E-state index contributed by atoms with van der Waals surface area (Å²) in [7, 11) is 2.84. The highest BCUT2D eigenvalue weighted by Crippen LogP contribution is 2.24. The number of hydrogen-bond donors (Lipinski definition) is 3. The Labute approximate surface area is 83.2 Å². The molecule has 1 rings (SSSR count). The molecule has 1 heterocycles. The summed E-state index contributed by atoms with van der Waals surface area (Å²) >= 11 is 0. The molecule has 1 saturated heterocycles. The third-order valence-electron chi connectivity index (χ3n) is 1.52. The molecule has 4 N–H and O–H groups in total. The lowest BCUT2D eigenvalue weighted by Crippen LogP contribution is -2.51. The van der Waals surface area contributed by atoms with Gasteiger partial charge in [-0.1, -0.05) is 21.6 Å². The molecule has 0 aromatic carbocycles. The predicted octanol–water partition coefficient (Wildman–Crippen LogP) is -0.722. The SMILES string of the molecule is N[C@H]1CSSC[C@H](C(=O)O)NC1=O. The number of rotatable bonds is 1. The van der Waals surface area contributed by atoms with Crippen LogP contribution in [0.15, 0.2) is 0 Å². The summed E-state index contributed by atoms with van der Waals surface area (Å²) in [5, 5.41) is 11.1. The topological polar surface area (TPSA) is 92.4 Å². The molecular formula is C6H10N2O3S2. The van der Waals surface area contributed by atoms with Crippen molar-refractivity contribution in [3.63, 3.8) is 0 Å². The Morgan fingerprint density at radius 3 is 2.77 bits per heavy atom. The van der Waals surface area contributed by atoms with E-state index in [9.17, 15) is 9.59 Å². The van der Waals surface area contributed by atoms with Crippen molar-refractivity contribution in [1.29, 1.82) is 0 Å². The van der Waals surface area contributed by atoms with E-state index in [4.69, 9.17) is 10.8 Å². The van der Waals surface area contributed by atoms with Gasteiger partial charge >= 0.3 is 5.97 Å². The number of carboxylic acid groups (broad SMARTS) is 1. The van der Waals surface area contributed by atoms with Gasteiger partial charge in [-0.05, 0) is 0 Å². The highest BCUT2D eigenvalue weighted by atomic mass is 33.1. The third kappa shape index (κ3) is 3.09. The van der Waals surface area contributed by atoms with E-state index in [1.54, 1.807) is 0 Å². The number of nitrogens with two attached hydrogens (primary N) is 1. The van der Waals surface area contributed by atoms with Crippen LogP contribution in [0, 0.1) is 0 Å². The van der Waals surface area contributed by atoms with Crippen LogP contribution in [0.3, 0.4) is 0 Å². The summed E-state index contributed by atoms with van der Waals surface area (Å²) < 4.78 is 0. The molecule has 0 aromatic rings. The van der Waals surface area contributed by atoms with Crippen LogP contribution in [0.4, 0.5) is 0 Å². The molecule has 0 bridgehead atoms. The molecule has 7 heteroatoms. The smallest absolute Gasteiger partial charge is 0.327 e. The third-order valence-corrected chi connectivity index (χ3v) is 3.96. The van der Waals surface area contributed by atoms with E-state index < -0.39 is 18.1 Å². The second kappa shape index (κ2) is 4.73. The lowest BCUT2D eigenvalue weighted by atomic mass is 10.3. The van der Waals surface area contributed by atoms with Gasteiger partial charge in [0.25, 0.3) is 0 Å². The van der Waals surface area contributed by atoms with Gasteiger partial charge in [0.05, 0.1) is 6.04 Å². The van der Waals surface area contributed by atoms with Crippen LogP contribution in [0.1, 0.15) is 0 Å². The molecule has 1 aliphatic rings. The minimum absolute atomic E-state index is 0.373. The molecule has 0 radical (unpaired) electrons. The Morgan fingerprint density at radius 1 is 1.54 bits per heavy atom. The number of carboxylic acids is 1. The second-order valence-corrected chi connectivity index (χ2v) is 5.13. The molecule has 0 unspecified atom stereocenters. The van der Waals surface area contributed by atoms with Crippen molar-refractivity contribution in [2.24, 2.45) is 5.73 Å². The van der Waals surface area contributed by atoms with E-state index in [2.05, 4.69) is 5.32 Å². The first-order valence-corrected chi connectivity index (χ1v) is 6.13. The maximum absolute atomic E-state index is 11.2. The Bertz CT molecular complexity index is 224. The standard InChI is InChI=1S/C6H10N2O3S2/c7-3-1-12-13-2-4(6(10)11)8-5(3)9/h3-4H,1-2,7H2,(H,8,9)(H,10,11)/t3-,4+/m0/s1. The zero-order valence-corrected chi connectivity index (χ0v) is 8.36. The average Bonchev–Trinajstić information content (AvgIpc) is 2.06. The van der Waals surface area contributed by atoms with E-state index in [0.29, 0.717) is 11.5 Å². The fourth-order valence-electron chi connectivity index (χ4n) is 0.767. The van der Waals surface area contributed by atoms with Crippen LogP contribution in [0.5, 0.6) is 0 Å². The molecule has 1 fully saturated rings. The number of carbonyl (C=O) groups excluding carboxylic acids is 1. The summed E-state index contributed by atoms with van der Waals surface area (Å²) in [5.41, 5.74) is 5.47. The van der Waals surface area contributed by atoms with E-state index in [-0.39, 0.29) is 5.91 Å². The number of carbonyl (C=O) groups is 2. The average molecular weight is 222 g/mol. The van der Waals surface area contributed by atoms with Gasteiger partial charge in [-0.3, -0.25) is 4.79 Å². The summed E-state index contributed by atoms with van der Waals surface area (Å²) in [5.74, 6) is -0.517. The van der Waals surface area contributed by atoms with E-state index in [1.807, 2.05) is 0 Å². The fraction of sp³-hybridized carbons (Fsp3) is 0.667. The second-order valence-electron chi connectivity index (χ2n) is 2.57. The van der Waals surface area contributed by atoms with Gasteiger partial charge in [-0.15, -0.1) is 0 Å². The molecule has 5 nitrogen and oxygen atoms in total. The first-order valence-electron chi connectivity index (χ1n) is 3.64. The van der Waals surface area contributed by atoms with Crippen LogP contribution in [0.25, 0.3) is 0 Å². The van der Waals surface area contributed by atoms with Crippen molar-refractivity contribution >= 4 is 33.5 Å². The zero-order chi connectivity index (χ0) is 9.84. The van der Waals surface area contributed by atoms with Crippen LogP contribution in [-0.2, 0) is 9.59 Å². The monoisotopic (exact) mass is 222 g/mol. The van der Waals surface area contributed by atoms with Gasteiger partial charge in [0, 0.05) is 11.5 Å². The summed E-state index contributed by atoms with van der Waals surface area (Å²) in [4.78, 5) is 21.8. The van der Waals surface area contributed by atoms with Crippen molar-refractivity contribution in [3.8, 4) is 0 Å². The van der Waals surface area contributed by atoms with Crippen LogP contribution < -0.4 is 11.1 Å². The molecule has 74 valence electrons. The highest BCUT2D eigenvalue weighted by molar-refractivity contribution is 8.76. The molecule has 1 amide bonds. The quantitative estimate of drug-likeness (QED) is 0.507. The van der Waals surface area contributed by atoms with Gasteiger partial charge in [0.1, 0.15) is 6.04 Å². The van der Waals surface area contributed by atoms with Crippen LogP contribution in [0.2, 0.25) is 0 Å². The minimum atomic E-state index is -1.02. The van der Waals surface area contributed by atoms with E-state index in [1.165, 1.54) is 21.6 Å². The molecule has 0 aliphatic carbocycles. The zero-order valence-electron chi connectivity index (χ0n) is 6.73. The Hall–Kier alpha value is -0.400. The van der Waals surface area contributed by atoms with Crippen LogP contribution >= 0.6 is 21.6 Å². The molecule has 0 aromatic heterocycles. The highest BCUT2D eigenvalue weighted by Gasteiger charge is 2.25. The lowest BCUT2D eigenvalue weighted by molar-refractivity contribution is -0.141. The number of aliphatic carboxylic acids is 1. The molecule has 0 spiro atoms. The number of amides is 1. The maximum Gasteiger partial charge on any atom is 0.327 e. The van der Waals surface area contributed by atoms with Crippen molar-refractivity contribution in [1.82, 2.24) is 5.32 Å². The van der Waals surface area contributed by atoms with Gasteiger partial charge in [0.2, 0.25) is 5.91 Å². The van der Waals surface area contributed by atoms with E-state index in [0.717, 1.165) is 0 Å². The predicted molar refractivity (Wildman–Crippen MR) is 52.5 cm³/mol. The van der Waals surface area contributed by atoms with Crippen LogP contribution in [-0.4, -0.2) is 40.6 Å². The van der Waals surface area contributed by atoms with Crippen molar-refractivity contribution in [2.45, 2.75) is 12.1 Å². The molecule has 0 saturated carbocycles. The Balaban J connectivity index is 2.58. The Kier molecular flexibility index (Phi) is 3.89. The summed E-state index contributed by atoms with van der Waals surface area (Å²) in [6.07, 6.45) is 0. The van der Waals surface area contributed by atoms with Crippen molar-refractivity contribution in [2.75, 3.05) is 11.5 Å². The van der Waals surface area contributed by atoms with E-state index >= 15 is 0 Å². The maximum atomic E-state index is 11.2. The lowest BCUT2D eigenvalue weighted by Gasteiger charge is -2.20. The first-order chi connectivity index (χ1) is 6.11. The first kappa shape index (κ1) is 10.7. The van der Waals surface area contributed by atoms with Crippen molar-refractivity contribution in [3.05, 3.63) is 0 Å².